The van der Waals surface area contributed by atoms with Gasteiger partial charge in [0.25, 0.3) is 0 Å². The molecule has 0 aliphatic heterocycles. The molecule has 0 fully saturated rings. The van der Waals surface area contributed by atoms with Gasteiger partial charge >= 0.3 is 5.97 Å². The number of hydrogen-bond donors (Lipinski definition) is 1. The zero-order valence-corrected chi connectivity index (χ0v) is 14.4. The molecule has 0 bridgehead atoms. The van der Waals surface area contributed by atoms with E-state index in [4.69, 9.17) is 9.84 Å². The van der Waals surface area contributed by atoms with Gasteiger partial charge in [-0.05, 0) is 37.3 Å². The molecule has 6 heteroatoms. The summed E-state index contributed by atoms with van der Waals surface area (Å²) in [5.74, 6) is 1.11. The number of hydrogen-bond acceptors (Lipinski definition) is 5. The predicted molar refractivity (Wildman–Crippen MR) is 96.7 cm³/mol. The van der Waals surface area contributed by atoms with E-state index in [1.54, 1.807) is 6.07 Å². The van der Waals surface area contributed by atoms with Crippen LogP contribution in [-0.2, 0) is 11.2 Å². The Morgan fingerprint density at radius 2 is 1.96 bits per heavy atom. The Morgan fingerprint density at radius 3 is 2.68 bits per heavy atom. The second-order valence-electron chi connectivity index (χ2n) is 5.74. The van der Waals surface area contributed by atoms with E-state index in [2.05, 4.69) is 9.97 Å². The molecule has 0 saturated carbocycles. The maximum Gasteiger partial charge on any atom is 0.307 e. The summed E-state index contributed by atoms with van der Waals surface area (Å²) < 4.78 is 5.27. The van der Waals surface area contributed by atoms with Crippen molar-refractivity contribution in [2.75, 3.05) is 19.1 Å². The minimum absolute atomic E-state index is 0.103. The standard InChI is InChI=1S/C19H19N3O3/c1-12-20-16-7-5-4-6-15(16)19(21-12)22(2)14-8-9-17(25-3)13(10-14)11-18(23)24/h4-10H,11H2,1-3H3,(H,23,24). The molecule has 0 spiro atoms. The van der Waals surface area contributed by atoms with Gasteiger partial charge in [0, 0.05) is 23.7 Å². The highest BCUT2D eigenvalue weighted by Gasteiger charge is 2.15. The quantitative estimate of drug-likeness (QED) is 0.769. The molecule has 3 rings (SSSR count). The normalized spacial score (nSPS) is 10.7. The summed E-state index contributed by atoms with van der Waals surface area (Å²) in [5, 5.41) is 10.1. The van der Waals surface area contributed by atoms with Crippen molar-refractivity contribution in [3.8, 4) is 5.75 Å². The summed E-state index contributed by atoms with van der Waals surface area (Å²) in [6, 6.07) is 13.3. The zero-order valence-electron chi connectivity index (χ0n) is 14.4. The monoisotopic (exact) mass is 337 g/mol. The molecule has 1 heterocycles. The van der Waals surface area contributed by atoms with Crippen LogP contribution in [0.1, 0.15) is 11.4 Å². The number of fused-ring (bicyclic) bond motifs is 1. The van der Waals surface area contributed by atoms with E-state index < -0.39 is 5.97 Å². The van der Waals surface area contributed by atoms with Gasteiger partial charge in [-0.1, -0.05) is 12.1 Å². The van der Waals surface area contributed by atoms with Crippen LogP contribution in [0.15, 0.2) is 42.5 Å². The fourth-order valence-electron chi connectivity index (χ4n) is 2.83. The summed E-state index contributed by atoms with van der Waals surface area (Å²) in [6.07, 6.45) is -0.103. The summed E-state index contributed by atoms with van der Waals surface area (Å²) >= 11 is 0. The van der Waals surface area contributed by atoms with Gasteiger partial charge in [-0.25, -0.2) is 9.97 Å². The van der Waals surface area contributed by atoms with Gasteiger partial charge in [0.2, 0.25) is 0 Å². The maximum absolute atomic E-state index is 11.1. The predicted octanol–water partition coefficient (Wildman–Crippen LogP) is 3.34. The molecule has 0 radical (unpaired) electrons. The van der Waals surface area contributed by atoms with E-state index in [0.29, 0.717) is 17.1 Å². The smallest absolute Gasteiger partial charge is 0.307 e. The average Bonchev–Trinajstić information content (AvgIpc) is 2.59. The Morgan fingerprint density at radius 1 is 1.20 bits per heavy atom. The summed E-state index contributed by atoms with van der Waals surface area (Å²) in [6.45, 7) is 1.85. The summed E-state index contributed by atoms with van der Waals surface area (Å²) in [4.78, 5) is 22.1. The molecule has 0 atom stereocenters. The average molecular weight is 337 g/mol. The molecule has 1 N–H and O–H groups in total. The highest BCUT2D eigenvalue weighted by atomic mass is 16.5. The highest BCUT2D eigenvalue weighted by Crippen LogP contribution is 2.31. The first-order valence-corrected chi connectivity index (χ1v) is 7.85. The number of rotatable bonds is 5. The van der Waals surface area contributed by atoms with Crippen LogP contribution in [0.4, 0.5) is 11.5 Å². The van der Waals surface area contributed by atoms with E-state index in [1.807, 2.05) is 55.3 Å². The number of aryl methyl sites for hydroxylation is 1. The van der Waals surface area contributed by atoms with Crippen molar-refractivity contribution in [3.05, 3.63) is 53.9 Å². The van der Waals surface area contributed by atoms with Gasteiger partial charge in [-0.15, -0.1) is 0 Å². The Hall–Kier alpha value is -3.15. The lowest BCUT2D eigenvalue weighted by Crippen LogP contribution is -2.14. The summed E-state index contributed by atoms with van der Waals surface area (Å²) in [7, 11) is 3.44. The van der Waals surface area contributed by atoms with Gasteiger partial charge < -0.3 is 14.7 Å². The van der Waals surface area contributed by atoms with E-state index >= 15 is 0 Å². The van der Waals surface area contributed by atoms with Crippen LogP contribution >= 0.6 is 0 Å². The second-order valence-corrected chi connectivity index (χ2v) is 5.74. The van der Waals surface area contributed by atoms with Crippen molar-refractivity contribution in [1.29, 1.82) is 0 Å². The number of ether oxygens (including phenoxy) is 1. The maximum atomic E-state index is 11.1. The number of benzene rings is 2. The zero-order chi connectivity index (χ0) is 18.0. The first-order valence-electron chi connectivity index (χ1n) is 7.85. The molecule has 0 saturated heterocycles. The number of methoxy groups -OCH3 is 1. The number of aromatic nitrogens is 2. The van der Waals surface area contributed by atoms with E-state index in [9.17, 15) is 4.79 Å². The van der Waals surface area contributed by atoms with Crippen molar-refractivity contribution in [3.63, 3.8) is 0 Å². The minimum Gasteiger partial charge on any atom is -0.496 e. The molecule has 0 aliphatic carbocycles. The number of para-hydroxylation sites is 1. The van der Waals surface area contributed by atoms with Gasteiger partial charge in [-0.2, -0.15) is 0 Å². The fourth-order valence-corrected chi connectivity index (χ4v) is 2.83. The van der Waals surface area contributed by atoms with E-state index in [0.717, 1.165) is 22.4 Å². The fraction of sp³-hybridized carbons (Fsp3) is 0.211. The molecular formula is C19H19N3O3. The Balaban J connectivity index is 2.09. The van der Waals surface area contributed by atoms with Crippen molar-refractivity contribution < 1.29 is 14.6 Å². The topological polar surface area (TPSA) is 75.5 Å². The van der Waals surface area contributed by atoms with Crippen molar-refractivity contribution in [1.82, 2.24) is 9.97 Å². The van der Waals surface area contributed by atoms with Gasteiger partial charge in [-0.3, -0.25) is 4.79 Å². The number of carbonyl (C=O) groups is 1. The molecule has 0 unspecified atom stereocenters. The molecular weight excluding hydrogens is 318 g/mol. The highest BCUT2D eigenvalue weighted by molar-refractivity contribution is 5.91. The lowest BCUT2D eigenvalue weighted by molar-refractivity contribution is -0.136. The number of carboxylic acid groups (broad SMARTS) is 1. The van der Waals surface area contributed by atoms with Gasteiger partial charge in [0.05, 0.1) is 19.0 Å². The number of anilines is 2. The van der Waals surface area contributed by atoms with Crippen LogP contribution < -0.4 is 9.64 Å². The Kier molecular flexibility index (Phi) is 4.52. The lowest BCUT2D eigenvalue weighted by atomic mass is 10.1. The van der Waals surface area contributed by atoms with E-state index in [1.165, 1.54) is 7.11 Å². The molecule has 0 aliphatic rings. The van der Waals surface area contributed by atoms with Crippen molar-refractivity contribution in [2.24, 2.45) is 0 Å². The summed E-state index contributed by atoms with van der Waals surface area (Å²) in [5.41, 5.74) is 2.32. The molecule has 128 valence electrons. The third-order valence-electron chi connectivity index (χ3n) is 4.01. The Labute approximate surface area is 145 Å². The van der Waals surface area contributed by atoms with Crippen LogP contribution in [0.2, 0.25) is 0 Å². The lowest BCUT2D eigenvalue weighted by Gasteiger charge is -2.21. The molecule has 6 nitrogen and oxygen atoms in total. The molecule has 2 aromatic carbocycles. The first-order chi connectivity index (χ1) is 12.0. The van der Waals surface area contributed by atoms with Crippen molar-refractivity contribution in [2.45, 2.75) is 13.3 Å². The van der Waals surface area contributed by atoms with Crippen LogP contribution in [0.25, 0.3) is 10.9 Å². The third kappa shape index (κ3) is 3.38. The molecule has 1 aromatic heterocycles. The van der Waals surface area contributed by atoms with Crippen LogP contribution in [0.5, 0.6) is 5.75 Å². The van der Waals surface area contributed by atoms with Gasteiger partial charge in [0.1, 0.15) is 17.4 Å². The number of aliphatic carboxylic acids is 1. The van der Waals surface area contributed by atoms with Crippen LogP contribution in [0, 0.1) is 6.92 Å². The molecule has 0 amide bonds. The largest absolute Gasteiger partial charge is 0.496 e. The van der Waals surface area contributed by atoms with Crippen molar-refractivity contribution >= 4 is 28.4 Å². The number of nitrogens with zero attached hydrogens (tertiary/aromatic N) is 3. The van der Waals surface area contributed by atoms with Crippen LogP contribution in [0.3, 0.4) is 0 Å². The van der Waals surface area contributed by atoms with Crippen LogP contribution in [-0.4, -0.2) is 35.2 Å². The Bertz CT molecular complexity index is 940. The number of carboxylic acids is 1. The molecule has 3 aromatic rings. The van der Waals surface area contributed by atoms with E-state index in [-0.39, 0.29) is 6.42 Å². The third-order valence-corrected chi connectivity index (χ3v) is 4.01. The van der Waals surface area contributed by atoms with Gasteiger partial charge in [0.15, 0.2) is 0 Å². The SMILES string of the molecule is COc1ccc(N(C)c2nc(C)nc3ccccc23)cc1CC(=O)O. The second kappa shape index (κ2) is 6.76. The molecule has 25 heavy (non-hydrogen) atoms. The first kappa shape index (κ1) is 16.7. The minimum atomic E-state index is -0.901.